The molecule has 29 heavy (non-hydrogen) atoms. The highest BCUT2D eigenvalue weighted by Crippen LogP contribution is 2.38. The number of pyridine rings is 1. The number of halogens is 3. The van der Waals surface area contributed by atoms with E-state index in [4.69, 9.17) is 5.11 Å². The van der Waals surface area contributed by atoms with E-state index in [0.717, 1.165) is 6.07 Å². The second kappa shape index (κ2) is 8.10. The molecule has 0 radical (unpaired) electrons. The molecule has 1 fully saturated rings. The molecule has 154 valence electrons. The number of carboxylic acid groups (broad SMARTS) is 1. The first-order valence-corrected chi connectivity index (χ1v) is 9.08. The zero-order valence-corrected chi connectivity index (χ0v) is 15.7. The number of rotatable bonds is 4. The number of amides is 1. The van der Waals surface area contributed by atoms with Gasteiger partial charge in [-0.2, -0.15) is 13.2 Å². The molecule has 1 aromatic heterocycles. The highest BCUT2D eigenvalue weighted by molar-refractivity contribution is 5.95. The van der Waals surface area contributed by atoms with Crippen molar-refractivity contribution in [1.29, 1.82) is 0 Å². The third-order valence-electron chi connectivity index (χ3n) is 5.03. The number of anilines is 1. The number of hydrogen-bond donors (Lipinski definition) is 2. The van der Waals surface area contributed by atoms with Gasteiger partial charge < -0.3 is 15.3 Å². The topological polar surface area (TPSA) is 82.5 Å². The second-order valence-electron chi connectivity index (χ2n) is 6.84. The van der Waals surface area contributed by atoms with Crippen molar-refractivity contribution in [2.75, 3.05) is 25.5 Å². The second-order valence-corrected chi connectivity index (χ2v) is 6.84. The van der Waals surface area contributed by atoms with Crippen molar-refractivity contribution in [3.05, 3.63) is 47.7 Å². The summed E-state index contributed by atoms with van der Waals surface area (Å²) in [5, 5.41) is 11.8. The van der Waals surface area contributed by atoms with Gasteiger partial charge in [0.05, 0.1) is 11.5 Å². The third-order valence-corrected chi connectivity index (χ3v) is 5.03. The van der Waals surface area contributed by atoms with E-state index in [0.29, 0.717) is 5.82 Å². The minimum atomic E-state index is -4.65. The van der Waals surface area contributed by atoms with Gasteiger partial charge >= 0.3 is 12.1 Å². The maximum atomic E-state index is 13.7. The van der Waals surface area contributed by atoms with E-state index < -0.39 is 29.5 Å². The lowest BCUT2D eigenvalue weighted by molar-refractivity contribution is -0.143. The van der Waals surface area contributed by atoms with Gasteiger partial charge in [-0.3, -0.25) is 9.59 Å². The van der Waals surface area contributed by atoms with E-state index in [9.17, 15) is 22.8 Å². The lowest BCUT2D eigenvalue weighted by Crippen LogP contribution is -2.40. The average molecular weight is 407 g/mol. The predicted molar refractivity (Wildman–Crippen MR) is 100 cm³/mol. The number of likely N-dealkylation sites (tertiary alicyclic amines) is 1. The molecule has 1 amide bonds. The van der Waals surface area contributed by atoms with Crippen molar-refractivity contribution in [3.8, 4) is 11.1 Å². The van der Waals surface area contributed by atoms with Crippen LogP contribution in [0.25, 0.3) is 11.1 Å². The minimum Gasteiger partial charge on any atom is -0.481 e. The molecule has 3 rings (SSSR count). The van der Waals surface area contributed by atoms with Crippen LogP contribution in [0.15, 0.2) is 36.5 Å². The van der Waals surface area contributed by atoms with Crippen LogP contribution in [-0.2, 0) is 11.0 Å². The highest BCUT2D eigenvalue weighted by atomic mass is 19.4. The number of aliphatic carboxylic acids is 1. The molecule has 2 aromatic rings. The molecular weight excluding hydrogens is 387 g/mol. The third kappa shape index (κ3) is 4.49. The fourth-order valence-corrected chi connectivity index (χ4v) is 3.38. The van der Waals surface area contributed by atoms with Gasteiger partial charge in [0.15, 0.2) is 0 Å². The minimum absolute atomic E-state index is 0.0613. The maximum absolute atomic E-state index is 13.7. The first-order chi connectivity index (χ1) is 13.7. The molecule has 9 heteroatoms. The van der Waals surface area contributed by atoms with E-state index in [1.54, 1.807) is 13.1 Å². The molecule has 1 aliphatic rings. The van der Waals surface area contributed by atoms with Crippen molar-refractivity contribution in [3.63, 3.8) is 0 Å². The Hall–Kier alpha value is -3.10. The van der Waals surface area contributed by atoms with Crippen LogP contribution in [0.4, 0.5) is 19.0 Å². The van der Waals surface area contributed by atoms with Gasteiger partial charge in [0.1, 0.15) is 5.82 Å². The highest BCUT2D eigenvalue weighted by Gasteiger charge is 2.35. The van der Waals surface area contributed by atoms with Crippen LogP contribution in [0.1, 0.15) is 28.8 Å². The number of nitrogens with zero attached hydrogens (tertiary/aromatic N) is 2. The molecule has 0 bridgehead atoms. The number of benzene rings is 1. The van der Waals surface area contributed by atoms with Gasteiger partial charge in [-0.1, -0.05) is 6.07 Å². The Morgan fingerprint density at radius 3 is 2.38 bits per heavy atom. The Balaban J connectivity index is 1.89. The fraction of sp³-hybridized carbons (Fsp3) is 0.350. The Bertz CT molecular complexity index is 905. The van der Waals surface area contributed by atoms with Crippen LogP contribution in [0.3, 0.4) is 0 Å². The van der Waals surface area contributed by atoms with E-state index in [1.165, 1.54) is 29.3 Å². The Labute approximate surface area is 165 Å². The fourth-order valence-electron chi connectivity index (χ4n) is 3.38. The van der Waals surface area contributed by atoms with Gasteiger partial charge in [-0.05, 0) is 42.7 Å². The average Bonchev–Trinajstić information content (AvgIpc) is 2.72. The summed E-state index contributed by atoms with van der Waals surface area (Å²) >= 11 is 0. The number of alkyl halides is 3. The smallest absolute Gasteiger partial charge is 0.417 e. The van der Waals surface area contributed by atoms with Crippen molar-refractivity contribution in [2.45, 2.75) is 19.0 Å². The number of aromatic nitrogens is 1. The van der Waals surface area contributed by atoms with Gasteiger partial charge in [0.25, 0.3) is 5.91 Å². The molecule has 0 unspecified atom stereocenters. The Morgan fingerprint density at radius 2 is 1.86 bits per heavy atom. The van der Waals surface area contributed by atoms with Crippen LogP contribution in [0, 0.1) is 5.92 Å². The Morgan fingerprint density at radius 1 is 1.17 bits per heavy atom. The lowest BCUT2D eigenvalue weighted by Gasteiger charge is -2.30. The monoisotopic (exact) mass is 407 g/mol. The number of carbonyl (C=O) groups excluding carboxylic acids is 1. The van der Waals surface area contributed by atoms with Crippen LogP contribution >= 0.6 is 0 Å². The zero-order valence-electron chi connectivity index (χ0n) is 15.7. The summed E-state index contributed by atoms with van der Waals surface area (Å²) in [6.45, 7) is 0.405. The maximum Gasteiger partial charge on any atom is 0.417 e. The van der Waals surface area contributed by atoms with Crippen molar-refractivity contribution in [2.24, 2.45) is 5.92 Å². The Kier molecular flexibility index (Phi) is 5.76. The SMILES string of the molecule is CNc1ccc(-c2ccc(C(=O)N3CCC(C(=O)O)CC3)cc2C(F)(F)F)cn1. The molecule has 0 atom stereocenters. The lowest BCUT2D eigenvalue weighted by atomic mass is 9.95. The number of nitrogens with one attached hydrogen (secondary N) is 1. The summed E-state index contributed by atoms with van der Waals surface area (Å²) in [5.41, 5.74) is -0.760. The van der Waals surface area contributed by atoms with E-state index >= 15 is 0 Å². The van der Waals surface area contributed by atoms with Crippen molar-refractivity contribution < 1.29 is 27.9 Å². The van der Waals surface area contributed by atoms with Crippen LogP contribution in [-0.4, -0.2) is 47.0 Å². The van der Waals surface area contributed by atoms with E-state index in [1.807, 2.05) is 0 Å². The molecule has 2 heterocycles. The van der Waals surface area contributed by atoms with Gasteiger partial charge in [-0.15, -0.1) is 0 Å². The standard InChI is InChI=1S/C20H20F3N3O3/c1-24-17-5-3-14(11-25-17)15-4-2-13(10-16(15)20(21,22)23)18(27)26-8-6-12(7-9-26)19(28)29/h2-5,10-12H,6-9H2,1H3,(H,24,25)(H,28,29). The van der Waals surface area contributed by atoms with Gasteiger partial charge in [0, 0.05) is 37.5 Å². The molecule has 0 saturated carbocycles. The summed E-state index contributed by atoms with van der Waals surface area (Å²) in [5.74, 6) is -1.45. The molecule has 1 saturated heterocycles. The first-order valence-electron chi connectivity index (χ1n) is 9.08. The number of piperidine rings is 1. The molecule has 6 nitrogen and oxygen atoms in total. The predicted octanol–water partition coefficient (Wildman–Crippen LogP) is 3.75. The quantitative estimate of drug-likeness (QED) is 0.807. The van der Waals surface area contributed by atoms with Crippen LogP contribution in [0.5, 0.6) is 0 Å². The van der Waals surface area contributed by atoms with Crippen LogP contribution < -0.4 is 5.32 Å². The number of hydrogen-bond acceptors (Lipinski definition) is 4. The molecule has 0 aliphatic carbocycles. The van der Waals surface area contributed by atoms with Gasteiger partial charge in [0.2, 0.25) is 0 Å². The summed E-state index contributed by atoms with van der Waals surface area (Å²) in [4.78, 5) is 29.2. The number of carboxylic acids is 1. The first kappa shape index (κ1) is 20.6. The van der Waals surface area contributed by atoms with Crippen molar-refractivity contribution >= 4 is 17.7 Å². The normalized spacial score (nSPS) is 15.2. The zero-order chi connectivity index (χ0) is 21.2. The summed E-state index contributed by atoms with van der Waals surface area (Å²) in [7, 11) is 1.66. The van der Waals surface area contributed by atoms with E-state index in [-0.39, 0.29) is 42.6 Å². The van der Waals surface area contributed by atoms with Crippen molar-refractivity contribution in [1.82, 2.24) is 9.88 Å². The molecule has 1 aromatic carbocycles. The van der Waals surface area contributed by atoms with E-state index in [2.05, 4.69) is 10.3 Å². The molecule has 0 spiro atoms. The molecule has 1 aliphatic heterocycles. The molecular formula is C20H20F3N3O3. The summed E-state index contributed by atoms with van der Waals surface area (Å²) in [6, 6.07) is 6.59. The largest absolute Gasteiger partial charge is 0.481 e. The molecule has 2 N–H and O–H groups in total. The summed E-state index contributed by atoms with van der Waals surface area (Å²) < 4.78 is 41.0. The number of carbonyl (C=O) groups is 2. The van der Waals surface area contributed by atoms with Crippen LogP contribution in [0.2, 0.25) is 0 Å². The van der Waals surface area contributed by atoms with Gasteiger partial charge in [-0.25, -0.2) is 4.98 Å². The summed E-state index contributed by atoms with van der Waals surface area (Å²) in [6.07, 6.45) is -2.73.